The molecule has 5 rings (SSSR count). The second-order valence-corrected chi connectivity index (χ2v) is 10.2. The van der Waals surface area contributed by atoms with Crippen LogP contribution in [0.1, 0.15) is 30.9 Å². The Morgan fingerprint density at radius 3 is 2.53 bits per heavy atom. The van der Waals surface area contributed by atoms with Crippen LogP contribution < -0.4 is 4.74 Å². The summed E-state index contributed by atoms with van der Waals surface area (Å²) in [5.41, 5.74) is 4.84. The Labute approximate surface area is 247 Å². The summed E-state index contributed by atoms with van der Waals surface area (Å²) in [5, 5.41) is 0.660. The summed E-state index contributed by atoms with van der Waals surface area (Å²) in [7, 11) is 2.18. The van der Waals surface area contributed by atoms with E-state index in [1.165, 1.54) is 5.56 Å². The van der Waals surface area contributed by atoms with Gasteiger partial charge in [0, 0.05) is 43.3 Å². The minimum absolute atomic E-state index is 0. The lowest BCUT2D eigenvalue weighted by Gasteiger charge is -2.32. The van der Waals surface area contributed by atoms with Gasteiger partial charge in [0.2, 0.25) is 0 Å². The monoisotopic (exact) mass is 601 g/mol. The zero-order chi connectivity index (χ0) is 24.4. The normalized spacial score (nSPS) is 14.1. The molecule has 3 heterocycles. The standard InChI is InChI=1S/C27H32ClN5O2.3ClH/c1-18(2)16-34-25-7-5-21(28)13-20(25)14-26-29-24(17-35-26)27-30-22-6-4-19(12-23(22)31-27)15-33-10-8-32(3)9-11-33;;;/h4-7,12-13,17-18H,8-11,14-16H2,1-3H3,(H,30,31);3*1H. The molecule has 2 aromatic heterocycles. The van der Waals surface area contributed by atoms with Crippen molar-refractivity contribution in [2.45, 2.75) is 26.8 Å². The first-order valence-electron chi connectivity index (χ1n) is 12.2. The third kappa shape index (κ3) is 8.01. The summed E-state index contributed by atoms with van der Waals surface area (Å²) >= 11 is 6.25. The lowest BCUT2D eigenvalue weighted by molar-refractivity contribution is 0.148. The minimum Gasteiger partial charge on any atom is -0.493 e. The van der Waals surface area contributed by atoms with Gasteiger partial charge in [-0.25, -0.2) is 9.97 Å². The van der Waals surface area contributed by atoms with Crippen molar-refractivity contribution in [3.63, 3.8) is 0 Å². The van der Waals surface area contributed by atoms with Gasteiger partial charge in [-0.1, -0.05) is 31.5 Å². The maximum atomic E-state index is 6.25. The average molecular weight is 603 g/mol. The van der Waals surface area contributed by atoms with Crippen molar-refractivity contribution >= 4 is 59.9 Å². The molecule has 1 aliphatic rings. The maximum Gasteiger partial charge on any atom is 0.199 e. The number of oxazole rings is 1. The Balaban J connectivity index is 0.00000169. The molecule has 4 aromatic rings. The number of benzene rings is 2. The largest absolute Gasteiger partial charge is 0.493 e. The molecule has 0 saturated carbocycles. The van der Waals surface area contributed by atoms with Crippen molar-refractivity contribution in [2.24, 2.45) is 5.92 Å². The van der Waals surface area contributed by atoms with Gasteiger partial charge in [0.05, 0.1) is 24.1 Å². The van der Waals surface area contributed by atoms with Crippen molar-refractivity contribution in [1.82, 2.24) is 24.8 Å². The number of nitrogens with zero attached hydrogens (tertiary/aromatic N) is 4. The van der Waals surface area contributed by atoms with Gasteiger partial charge in [-0.15, -0.1) is 37.2 Å². The number of nitrogens with one attached hydrogen (secondary N) is 1. The molecule has 0 aliphatic carbocycles. The van der Waals surface area contributed by atoms with Gasteiger partial charge in [-0.05, 0) is 48.9 Å². The highest BCUT2D eigenvalue weighted by Gasteiger charge is 2.16. The van der Waals surface area contributed by atoms with Crippen LogP contribution in [-0.2, 0) is 13.0 Å². The molecule has 208 valence electrons. The number of fused-ring (bicyclic) bond motifs is 1. The molecule has 1 saturated heterocycles. The quantitative estimate of drug-likeness (QED) is 0.248. The lowest BCUT2D eigenvalue weighted by Crippen LogP contribution is -2.43. The smallest absolute Gasteiger partial charge is 0.199 e. The molecule has 0 radical (unpaired) electrons. The Morgan fingerprint density at radius 1 is 1.03 bits per heavy atom. The molecular weight excluding hydrogens is 568 g/mol. The zero-order valence-corrected chi connectivity index (χ0v) is 25.0. The lowest BCUT2D eigenvalue weighted by atomic mass is 10.1. The number of likely N-dealkylation sites (N-methyl/N-ethyl adjacent to an activating group) is 1. The van der Waals surface area contributed by atoms with Crippen LogP contribution >= 0.6 is 48.8 Å². The highest BCUT2D eigenvalue weighted by atomic mass is 35.5. The molecule has 1 aliphatic heterocycles. The van der Waals surface area contributed by atoms with E-state index in [1.54, 1.807) is 6.26 Å². The highest BCUT2D eigenvalue weighted by molar-refractivity contribution is 6.30. The molecule has 0 atom stereocenters. The number of hydrogen-bond acceptors (Lipinski definition) is 6. The number of hydrogen-bond donors (Lipinski definition) is 1. The number of aromatic nitrogens is 3. The van der Waals surface area contributed by atoms with E-state index in [-0.39, 0.29) is 37.2 Å². The average Bonchev–Trinajstić information content (AvgIpc) is 3.46. The first-order valence-corrected chi connectivity index (χ1v) is 12.6. The molecule has 1 N–H and O–H groups in total. The number of piperazine rings is 1. The van der Waals surface area contributed by atoms with E-state index in [1.807, 2.05) is 18.2 Å². The van der Waals surface area contributed by atoms with E-state index in [0.717, 1.165) is 55.1 Å². The molecule has 7 nitrogen and oxygen atoms in total. The van der Waals surface area contributed by atoms with Crippen LogP contribution in [0.4, 0.5) is 0 Å². The first-order chi connectivity index (χ1) is 16.9. The highest BCUT2D eigenvalue weighted by Crippen LogP contribution is 2.27. The SMILES string of the molecule is CC(C)COc1ccc(Cl)cc1Cc1nc(-c2nc3cc(CN4CCN(C)CC4)ccc3[nH]2)co1.Cl.Cl.Cl. The van der Waals surface area contributed by atoms with Crippen molar-refractivity contribution < 1.29 is 9.15 Å². The van der Waals surface area contributed by atoms with Crippen LogP contribution in [-0.4, -0.2) is 64.6 Å². The van der Waals surface area contributed by atoms with Gasteiger partial charge in [0.15, 0.2) is 11.7 Å². The van der Waals surface area contributed by atoms with Crippen LogP contribution in [0.5, 0.6) is 5.75 Å². The van der Waals surface area contributed by atoms with Gasteiger partial charge < -0.3 is 19.0 Å². The Hall–Kier alpha value is -2.00. The third-order valence-corrected chi connectivity index (χ3v) is 6.52. The van der Waals surface area contributed by atoms with Gasteiger partial charge >= 0.3 is 0 Å². The Bertz CT molecular complexity index is 1300. The Morgan fingerprint density at radius 2 is 1.79 bits per heavy atom. The second-order valence-electron chi connectivity index (χ2n) is 9.78. The van der Waals surface area contributed by atoms with Crippen LogP contribution in [0.3, 0.4) is 0 Å². The second kappa shape index (κ2) is 14.4. The number of ether oxygens (including phenoxy) is 1. The van der Waals surface area contributed by atoms with Crippen LogP contribution in [0.25, 0.3) is 22.6 Å². The van der Waals surface area contributed by atoms with Crippen molar-refractivity contribution in [2.75, 3.05) is 39.8 Å². The van der Waals surface area contributed by atoms with E-state index in [0.29, 0.717) is 41.4 Å². The predicted octanol–water partition coefficient (Wildman–Crippen LogP) is 6.51. The van der Waals surface area contributed by atoms with Gasteiger partial charge in [0.25, 0.3) is 0 Å². The minimum atomic E-state index is 0. The summed E-state index contributed by atoms with van der Waals surface area (Å²) < 4.78 is 11.8. The number of rotatable bonds is 8. The molecule has 1 fully saturated rings. The maximum absolute atomic E-state index is 6.25. The number of H-pyrrole nitrogens is 1. The van der Waals surface area contributed by atoms with Crippen LogP contribution in [0, 0.1) is 5.92 Å². The molecule has 2 aromatic carbocycles. The molecule has 38 heavy (non-hydrogen) atoms. The summed E-state index contributed by atoms with van der Waals surface area (Å²) in [4.78, 5) is 17.7. The number of imidazole rings is 1. The molecule has 0 spiro atoms. The molecular formula is C27H35Cl4N5O2. The fourth-order valence-corrected chi connectivity index (χ4v) is 4.48. The predicted molar refractivity (Wildman–Crippen MR) is 161 cm³/mol. The van der Waals surface area contributed by atoms with Crippen molar-refractivity contribution in [1.29, 1.82) is 0 Å². The van der Waals surface area contributed by atoms with E-state index < -0.39 is 0 Å². The van der Waals surface area contributed by atoms with Crippen LogP contribution in [0.2, 0.25) is 5.02 Å². The molecule has 0 bridgehead atoms. The van der Waals surface area contributed by atoms with Gasteiger partial charge in [-0.3, -0.25) is 4.90 Å². The van der Waals surface area contributed by atoms with Crippen molar-refractivity contribution in [3.8, 4) is 17.3 Å². The third-order valence-electron chi connectivity index (χ3n) is 6.28. The number of aromatic amines is 1. The summed E-state index contributed by atoms with van der Waals surface area (Å²) in [5.74, 6) is 2.53. The van der Waals surface area contributed by atoms with Gasteiger partial charge in [0.1, 0.15) is 17.7 Å². The van der Waals surface area contributed by atoms with E-state index in [4.69, 9.17) is 25.7 Å². The topological polar surface area (TPSA) is 70.4 Å². The molecule has 0 unspecified atom stereocenters. The fraction of sp³-hybridized carbons (Fsp3) is 0.407. The van der Waals surface area contributed by atoms with Crippen LogP contribution in [0.15, 0.2) is 47.1 Å². The molecule has 0 amide bonds. The Kier molecular flexibility index (Phi) is 12.2. The zero-order valence-electron chi connectivity index (χ0n) is 21.8. The summed E-state index contributed by atoms with van der Waals surface area (Å²) in [6, 6.07) is 12.1. The van der Waals surface area contributed by atoms with E-state index >= 15 is 0 Å². The van der Waals surface area contributed by atoms with E-state index in [9.17, 15) is 0 Å². The first kappa shape index (κ1) is 32.2. The number of halogens is 4. The summed E-state index contributed by atoms with van der Waals surface area (Å²) in [6.45, 7) is 10.3. The molecule has 11 heteroatoms. The van der Waals surface area contributed by atoms with Crippen molar-refractivity contribution in [3.05, 3.63) is 64.7 Å². The summed E-state index contributed by atoms with van der Waals surface area (Å²) in [6.07, 6.45) is 2.14. The van der Waals surface area contributed by atoms with Gasteiger partial charge in [-0.2, -0.15) is 0 Å². The fourth-order valence-electron chi connectivity index (χ4n) is 4.28. The van der Waals surface area contributed by atoms with E-state index in [2.05, 4.69) is 58.9 Å².